The largest absolute Gasteiger partial charge is 0.391 e. The van der Waals surface area contributed by atoms with Gasteiger partial charge in [0.2, 0.25) is 0 Å². The van der Waals surface area contributed by atoms with E-state index < -0.39 is 0 Å². The van der Waals surface area contributed by atoms with E-state index in [0.717, 1.165) is 37.3 Å². The summed E-state index contributed by atoms with van der Waals surface area (Å²) in [4.78, 5) is 0. The summed E-state index contributed by atoms with van der Waals surface area (Å²) < 4.78 is 6.43. The van der Waals surface area contributed by atoms with Crippen molar-refractivity contribution in [3.63, 3.8) is 0 Å². The first-order valence-corrected chi connectivity index (χ1v) is 5.37. The van der Waals surface area contributed by atoms with Gasteiger partial charge in [0, 0.05) is 0 Å². The third-order valence-electron chi connectivity index (χ3n) is 2.98. The van der Waals surface area contributed by atoms with Crippen molar-refractivity contribution in [3.05, 3.63) is 0 Å². The Kier molecular flexibility index (Phi) is 4.70. The second-order valence-corrected chi connectivity index (χ2v) is 3.93. The van der Waals surface area contributed by atoms with Crippen LogP contribution in [0.25, 0.3) is 0 Å². The second kappa shape index (κ2) is 5.58. The van der Waals surface area contributed by atoms with Gasteiger partial charge < -0.3 is 14.3 Å². The van der Waals surface area contributed by atoms with E-state index in [-0.39, 0.29) is 0 Å². The molecule has 3 nitrogen and oxygen atoms in total. The molecule has 0 unspecified atom stereocenters. The molecule has 0 radical (unpaired) electrons. The van der Waals surface area contributed by atoms with E-state index in [1.165, 1.54) is 19.4 Å². The molecule has 1 heterocycles. The van der Waals surface area contributed by atoms with Crippen molar-refractivity contribution in [1.82, 2.24) is 0 Å². The van der Waals surface area contributed by atoms with Crippen LogP contribution in [0.4, 0.5) is 0 Å². The molecule has 0 spiro atoms. The average molecular weight is 188 g/mol. The number of rotatable bonds is 5. The van der Waals surface area contributed by atoms with Gasteiger partial charge in [-0.2, -0.15) is 0 Å². The summed E-state index contributed by atoms with van der Waals surface area (Å²) in [7, 11) is 0. The zero-order valence-corrected chi connectivity index (χ0v) is 8.67. The van der Waals surface area contributed by atoms with Crippen molar-refractivity contribution in [2.24, 2.45) is 0 Å². The summed E-state index contributed by atoms with van der Waals surface area (Å²) in [6.07, 6.45) is 2.51. The highest BCUT2D eigenvalue weighted by Crippen LogP contribution is 2.12. The summed E-state index contributed by atoms with van der Waals surface area (Å²) in [5.41, 5.74) is 0. The number of morpholine rings is 1. The van der Waals surface area contributed by atoms with Gasteiger partial charge >= 0.3 is 0 Å². The highest BCUT2D eigenvalue weighted by atomic mass is 16.5. The highest BCUT2D eigenvalue weighted by Gasteiger charge is 2.28. The van der Waals surface area contributed by atoms with Gasteiger partial charge in [0.15, 0.2) is 0 Å². The maximum absolute atomic E-state index is 9.03. The molecule has 1 fully saturated rings. The lowest BCUT2D eigenvalue weighted by Crippen LogP contribution is -2.56. The van der Waals surface area contributed by atoms with Crippen molar-refractivity contribution < 1.29 is 14.3 Å². The maximum atomic E-state index is 9.03. The molecule has 0 aromatic rings. The van der Waals surface area contributed by atoms with E-state index in [1.54, 1.807) is 0 Å². The van der Waals surface area contributed by atoms with Crippen LogP contribution < -0.4 is 0 Å². The highest BCUT2D eigenvalue weighted by molar-refractivity contribution is 4.50. The minimum atomic E-state index is 0.309. The molecular weight excluding hydrogens is 166 g/mol. The summed E-state index contributed by atoms with van der Waals surface area (Å²) in [6, 6.07) is 0. The summed E-state index contributed by atoms with van der Waals surface area (Å²) in [5.74, 6) is 0. The van der Waals surface area contributed by atoms with Gasteiger partial charge in [0.05, 0.1) is 26.4 Å². The van der Waals surface area contributed by atoms with Crippen LogP contribution >= 0.6 is 0 Å². The molecule has 0 aliphatic carbocycles. The van der Waals surface area contributed by atoms with E-state index in [2.05, 4.69) is 6.92 Å². The fourth-order valence-electron chi connectivity index (χ4n) is 1.99. The first kappa shape index (κ1) is 11.0. The van der Waals surface area contributed by atoms with Crippen LogP contribution in [0, 0.1) is 0 Å². The lowest BCUT2D eigenvalue weighted by molar-refractivity contribution is -0.935. The number of aliphatic hydroxyl groups is 1. The van der Waals surface area contributed by atoms with E-state index in [0.29, 0.717) is 6.61 Å². The molecule has 1 aliphatic heterocycles. The first-order valence-electron chi connectivity index (χ1n) is 5.37. The molecule has 78 valence electrons. The zero-order valence-electron chi connectivity index (χ0n) is 8.67. The molecule has 0 amide bonds. The Bertz CT molecular complexity index is 127. The number of hydrogen-bond acceptors (Lipinski definition) is 2. The normalized spacial score (nSPS) is 21.7. The van der Waals surface area contributed by atoms with Gasteiger partial charge in [-0.25, -0.2) is 0 Å². The van der Waals surface area contributed by atoms with Crippen LogP contribution in [-0.4, -0.2) is 55.6 Å². The Labute approximate surface area is 80.9 Å². The van der Waals surface area contributed by atoms with Crippen LogP contribution in [0.1, 0.15) is 19.8 Å². The smallest absolute Gasteiger partial charge is 0.103 e. The number of aliphatic hydroxyl groups excluding tert-OH is 1. The minimum absolute atomic E-state index is 0.309. The molecular formula is C10H22NO2+. The number of nitrogens with zero attached hydrogens (tertiary/aromatic N) is 1. The molecule has 1 N–H and O–H groups in total. The molecule has 0 saturated carbocycles. The predicted molar refractivity (Wildman–Crippen MR) is 52.5 cm³/mol. The Morgan fingerprint density at radius 3 is 2.46 bits per heavy atom. The quantitative estimate of drug-likeness (QED) is 0.641. The van der Waals surface area contributed by atoms with Crippen LogP contribution in [-0.2, 0) is 4.74 Å². The van der Waals surface area contributed by atoms with Crippen LogP contribution in [0.2, 0.25) is 0 Å². The van der Waals surface area contributed by atoms with E-state index in [1.807, 2.05) is 0 Å². The maximum Gasteiger partial charge on any atom is 0.103 e. The SMILES string of the molecule is CCCC[N+]1(CCO)CCOCC1. The Morgan fingerprint density at radius 2 is 1.92 bits per heavy atom. The summed E-state index contributed by atoms with van der Waals surface area (Å²) >= 11 is 0. The minimum Gasteiger partial charge on any atom is -0.391 e. The molecule has 0 bridgehead atoms. The van der Waals surface area contributed by atoms with Gasteiger partial charge in [0.25, 0.3) is 0 Å². The fraction of sp³-hybridized carbons (Fsp3) is 1.00. The molecule has 1 saturated heterocycles. The Balaban J connectivity index is 2.40. The third-order valence-corrected chi connectivity index (χ3v) is 2.98. The van der Waals surface area contributed by atoms with Crippen molar-refractivity contribution in [2.45, 2.75) is 19.8 Å². The molecule has 3 heteroatoms. The van der Waals surface area contributed by atoms with Crippen molar-refractivity contribution in [3.8, 4) is 0 Å². The number of quaternary nitrogens is 1. The number of unbranched alkanes of at least 4 members (excludes halogenated alkanes) is 1. The molecule has 1 rings (SSSR count). The second-order valence-electron chi connectivity index (χ2n) is 3.93. The van der Waals surface area contributed by atoms with E-state index >= 15 is 0 Å². The molecule has 1 aliphatic rings. The van der Waals surface area contributed by atoms with E-state index in [4.69, 9.17) is 9.84 Å². The fourth-order valence-corrected chi connectivity index (χ4v) is 1.99. The van der Waals surface area contributed by atoms with Crippen molar-refractivity contribution in [1.29, 1.82) is 0 Å². The van der Waals surface area contributed by atoms with Gasteiger partial charge in [0.1, 0.15) is 19.6 Å². The van der Waals surface area contributed by atoms with Gasteiger partial charge in [-0.15, -0.1) is 0 Å². The van der Waals surface area contributed by atoms with Crippen molar-refractivity contribution in [2.75, 3.05) is 46.0 Å². The monoisotopic (exact) mass is 188 g/mol. The van der Waals surface area contributed by atoms with Crippen LogP contribution in [0.5, 0.6) is 0 Å². The molecule has 13 heavy (non-hydrogen) atoms. The third kappa shape index (κ3) is 3.25. The van der Waals surface area contributed by atoms with Gasteiger partial charge in [-0.05, 0) is 6.42 Å². The molecule has 0 atom stereocenters. The van der Waals surface area contributed by atoms with Crippen LogP contribution in [0.3, 0.4) is 0 Å². The predicted octanol–water partition coefficient (Wildman–Crippen LogP) is 0.626. The average Bonchev–Trinajstić information content (AvgIpc) is 2.17. The van der Waals surface area contributed by atoms with Crippen molar-refractivity contribution >= 4 is 0 Å². The summed E-state index contributed by atoms with van der Waals surface area (Å²) in [5, 5.41) is 9.03. The van der Waals surface area contributed by atoms with Crippen LogP contribution in [0.15, 0.2) is 0 Å². The number of ether oxygens (including phenoxy) is 1. The standard InChI is InChI=1S/C10H22NO2/c1-2-3-4-11(5-8-12)6-9-13-10-7-11/h12H,2-10H2,1H3/q+1. The zero-order chi connectivity index (χ0) is 9.57. The first-order chi connectivity index (χ1) is 6.33. The van der Waals surface area contributed by atoms with E-state index in [9.17, 15) is 0 Å². The lowest BCUT2D eigenvalue weighted by Gasteiger charge is -2.41. The summed E-state index contributed by atoms with van der Waals surface area (Å²) in [6.45, 7) is 8.54. The molecule has 0 aromatic heterocycles. The van der Waals surface area contributed by atoms with Gasteiger partial charge in [-0.1, -0.05) is 13.3 Å². The topological polar surface area (TPSA) is 29.5 Å². The molecule has 0 aromatic carbocycles. The lowest BCUT2D eigenvalue weighted by atomic mass is 10.2. The number of hydrogen-bond donors (Lipinski definition) is 1. The Morgan fingerprint density at radius 1 is 1.23 bits per heavy atom. The Hall–Kier alpha value is -0.120. The van der Waals surface area contributed by atoms with Gasteiger partial charge in [-0.3, -0.25) is 0 Å².